The molecule has 0 aliphatic heterocycles. The third-order valence-corrected chi connectivity index (χ3v) is 9.78. The molecule has 5 atom stereocenters. The highest BCUT2D eigenvalue weighted by Gasteiger charge is 2.56. The van der Waals surface area contributed by atoms with Crippen LogP contribution in [-0.2, 0) is 38.5 Å². The molecular weight excluding hydrogens is 446 g/mol. The van der Waals surface area contributed by atoms with E-state index in [2.05, 4.69) is 55.5 Å². The summed E-state index contributed by atoms with van der Waals surface area (Å²) in [5.74, 6) is 0.958. The van der Waals surface area contributed by atoms with E-state index in [1.807, 2.05) is 4.72 Å². The molecule has 0 heterocycles. The number of benzene rings is 2. The SMILES string of the molecule is CC(=O)NS(=O)(=O)O[C@H]1CCC2C3CCc4cc(CCc5ccccc5)ccc4C3CC[C@@]21C. The molecule has 0 radical (unpaired) electrons. The van der Waals surface area contributed by atoms with Crippen LogP contribution in [0.2, 0.25) is 0 Å². The number of aryl methyl sites for hydroxylation is 3. The molecule has 2 aromatic rings. The van der Waals surface area contributed by atoms with E-state index in [0.29, 0.717) is 17.8 Å². The van der Waals surface area contributed by atoms with Crippen LogP contribution in [-0.4, -0.2) is 20.4 Å². The number of nitrogens with one attached hydrogen (secondary N) is 1. The Morgan fingerprint density at radius 2 is 1.79 bits per heavy atom. The van der Waals surface area contributed by atoms with Crippen molar-refractivity contribution in [3.63, 3.8) is 0 Å². The molecule has 1 N–H and O–H groups in total. The van der Waals surface area contributed by atoms with Gasteiger partial charge in [0.1, 0.15) is 0 Å². The van der Waals surface area contributed by atoms with Crippen molar-refractivity contribution >= 4 is 16.2 Å². The van der Waals surface area contributed by atoms with Crippen molar-refractivity contribution < 1.29 is 17.4 Å². The molecule has 0 bridgehead atoms. The maximum atomic E-state index is 12.3. The lowest BCUT2D eigenvalue weighted by Gasteiger charge is -2.50. The lowest BCUT2D eigenvalue weighted by molar-refractivity contribution is -0.117. The van der Waals surface area contributed by atoms with Crippen LogP contribution in [0.25, 0.3) is 0 Å². The molecule has 3 aliphatic carbocycles. The molecule has 5 nitrogen and oxygen atoms in total. The summed E-state index contributed by atoms with van der Waals surface area (Å²) in [6, 6.07) is 17.8. The van der Waals surface area contributed by atoms with Gasteiger partial charge in [-0.25, -0.2) is 8.91 Å². The highest BCUT2D eigenvalue weighted by atomic mass is 32.2. The molecule has 2 fully saturated rings. The maximum absolute atomic E-state index is 12.3. The van der Waals surface area contributed by atoms with Gasteiger partial charge in [-0.1, -0.05) is 55.5 Å². The molecule has 3 aliphatic rings. The van der Waals surface area contributed by atoms with Gasteiger partial charge in [-0.3, -0.25) is 4.79 Å². The first-order valence-electron chi connectivity index (χ1n) is 12.6. The van der Waals surface area contributed by atoms with Crippen LogP contribution < -0.4 is 4.72 Å². The summed E-state index contributed by atoms with van der Waals surface area (Å²) >= 11 is 0. The molecule has 34 heavy (non-hydrogen) atoms. The first-order chi connectivity index (χ1) is 16.2. The molecule has 2 saturated carbocycles. The second-order valence-electron chi connectivity index (χ2n) is 10.8. The van der Waals surface area contributed by atoms with Crippen LogP contribution in [0.15, 0.2) is 48.5 Å². The Hall–Kier alpha value is -2.18. The van der Waals surface area contributed by atoms with Gasteiger partial charge in [0.15, 0.2) is 0 Å². The Morgan fingerprint density at radius 1 is 1.03 bits per heavy atom. The van der Waals surface area contributed by atoms with Crippen molar-refractivity contribution in [2.24, 2.45) is 17.3 Å². The minimum absolute atomic E-state index is 0.167. The monoisotopic (exact) mass is 481 g/mol. The van der Waals surface area contributed by atoms with Gasteiger partial charge in [0.25, 0.3) is 0 Å². The molecule has 182 valence electrons. The van der Waals surface area contributed by atoms with E-state index in [1.165, 1.54) is 29.2 Å². The van der Waals surface area contributed by atoms with E-state index in [-0.39, 0.29) is 11.5 Å². The van der Waals surface area contributed by atoms with Crippen LogP contribution in [0.4, 0.5) is 0 Å². The molecule has 0 aromatic heterocycles. The van der Waals surface area contributed by atoms with Gasteiger partial charge in [0, 0.05) is 6.92 Å². The zero-order chi connectivity index (χ0) is 23.9. The fraction of sp³-hybridized carbons (Fsp3) is 0.536. The van der Waals surface area contributed by atoms with Crippen molar-refractivity contribution in [2.45, 2.75) is 77.2 Å². The summed E-state index contributed by atoms with van der Waals surface area (Å²) in [7, 11) is -4.06. The quantitative estimate of drug-likeness (QED) is 0.623. The Bertz CT molecular complexity index is 1160. The van der Waals surface area contributed by atoms with Crippen molar-refractivity contribution in [2.75, 3.05) is 0 Å². The molecule has 0 spiro atoms. The second kappa shape index (κ2) is 9.12. The summed E-state index contributed by atoms with van der Waals surface area (Å²) < 4.78 is 32.1. The zero-order valence-corrected chi connectivity index (χ0v) is 20.9. The molecule has 1 amide bonds. The molecule has 0 saturated heterocycles. The number of hydrogen-bond acceptors (Lipinski definition) is 4. The largest absolute Gasteiger partial charge is 0.362 e. The second-order valence-corrected chi connectivity index (χ2v) is 12.1. The lowest BCUT2D eigenvalue weighted by atomic mass is 9.55. The minimum atomic E-state index is -4.06. The molecule has 3 unspecified atom stereocenters. The van der Waals surface area contributed by atoms with Crippen LogP contribution in [0, 0.1) is 17.3 Å². The number of rotatable bonds is 6. The first-order valence-corrected chi connectivity index (χ1v) is 14.0. The lowest BCUT2D eigenvalue weighted by Crippen LogP contribution is -2.46. The van der Waals surface area contributed by atoms with Gasteiger partial charge in [-0.15, -0.1) is 0 Å². The Kier molecular flexibility index (Phi) is 6.32. The average Bonchev–Trinajstić information content (AvgIpc) is 3.12. The van der Waals surface area contributed by atoms with E-state index in [4.69, 9.17) is 4.18 Å². The Morgan fingerprint density at radius 3 is 2.56 bits per heavy atom. The van der Waals surface area contributed by atoms with Crippen molar-refractivity contribution in [3.05, 3.63) is 70.8 Å². The summed E-state index contributed by atoms with van der Waals surface area (Å²) in [5, 5.41) is 0. The van der Waals surface area contributed by atoms with Crippen LogP contribution >= 0.6 is 0 Å². The summed E-state index contributed by atoms with van der Waals surface area (Å²) in [6.07, 6.45) is 7.75. The average molecular weight is 482 g/mol. The third-order valence-electron chi connectivity index (χ3n) is 8.76. The molecule has 2 aromatic carbocycles. The van der Waals surface area contributed by atoms with Gasteiger partial charge in [-0.05, 0) is 96.8 Å². The number of carbonyl (C=O) groups excluding carboxylic acids is 1. The van der Waals surface area contributed by atoms with E-state index in [9.17, 15) is 13.2 Å². The summed E-state index contributed by atoms with van der Waals surface area (Å²) in [6.45, 7) is 3.40. The van der Waals surface area contributed by atoms with Crippen molar-refractivity contribution in [1.29, 1.82) is 0 Å². The van der Waals surface area contributed by atoms with Gasteiger partial charge in [-0.2, -0.15) is 8.42 Å². The van der Waals surface area contributed by atoms with Gasteiger partial charge >= 0.3 is 10.3 Å². The van der Waals surface area contributed by atoms with Gasteiger partial charge in [0.05, 0.1) is 6.10 Å². The predicted octanol–water partition coefficient (Wildman–Crippen LogP) is 5.09. The number of amides is 1. The van der Waals surface area contributed by atoms with Crippen LogP contribution in [0.1, 0.15) is 74.1 Å². The van der Waals surface area contributed by atoms with E-state index >= 15 is 0 Å². The minimum Gasteiger partial charge on any atom is -0.274 e. The Labute approximate surface area is 203 Å². The normalized spacial score (nSPS) is 30.2. The first kappa shape index (κ1) is 23.6. The molecule has 5 rings (SSSR count). The maximum Gasteiger partial charge on any atom is 0.362 e. The third kappa shape index (κ3) is 4.55. The van der Waals surface area contributed by atoms with E-state index in [0.717, 1.165) is 51.4 Å². The van der Waals surface area contributed by atoms with Gasteiger partial charge < -0.3 is 0 Å². The highest BCUT2D eigenvalue weighted by Crippen LogP contribution is 2.61. The standard InChI is InChI=1S/C28H35NO4S/c1-19(30)29-34(31,32)33-27-15-14-26-25-13-11-22-18-21(9-8-20-6-4-3-5-7-20)10-12-23(22)24(25)16-17-28(26,27)2/h3-7,10,12,18,24-27H,8-9,11,13-17H2,1-2H3,(H,29,30)/t24?,25?,26?,27-,28-/m0/s1. The highest BCUT2D eigenvalue weighted by molar-refractivity contribution is 7.85. The van der Waals surface area contributed by atoms with E-state index in [1.54, 1.807) is 0 Å². The fourth-order valence-electron chi connectivity index (χ4n) is 7.19. The van der Waals surface area contributed by atoms with Crippen LogP contribution in [0.3, 0.4) is 0 Å². The van der Waals surface area contributed by atoms with Gasteiger partial charge in [0.2, 0.25) is 5.91 Å². The number of fused-ring (bicyclic) bond motifs is 5. The number of hydrogen-bond donors (Lipinski definition) is 1. The van der Waals surface area contributed by atoms with Crippen molar-refractivity contribution in [1.82, 2.24) is 4.72 Å². The predicted molar refractivity (Wildman–Crippen MR) is 133 cm³/mol. The summed E-state index contributed by atoms with van der Waals surface area (Å²) in [5.41, 5.74) is 5.65. The summed E-state index contributed by atoms with van der Waals surface area (Å²) in [4.78, 5) is 11.3. The smallest absolute Gasteiger partial charge is 0.274 e. The van der Waals surface area contributed by atoms with E-state index < -0.39 is 16.2 Å². The number of carbonyl (C=O) groups is 1. The topological polar surface area (TPSA) is 72.5 Å². The van der Waals surface area contributed by atoms with Crippen molar-refractivity contribution in [3.8, 4) is 0 Å². The molecular formula is C28H35NO4S. The Balaban J connectivity index is 1.29. The fourth-order valence-corrected chi connectivity index (χ4v) is 8.21. The molecule has 6 heteroatoms. The van der Waals surface area contributed by atoms with Crippen LogP contribution in [0.5, 0.6) is 0 Å². The zero-order valence-electron chi connectivity index (χ0n) is 20.1.